The Morgan fingerprint density at radius 3 is 3.11 bits per heavy atom. The Bertz CT molecular complexity index is 744. The zero-order valence-electron chi connectivity index (χ0n) is 9.86. The minimum absolute atomic E-state index is 0.0301. The first kappa shape index (κ1) is 12.1. The van der Waals surface area contributed by atoms with Gasteiger partial charge in [-0.1, -0.05) is 11.3 Å². The minimum Gasteiger partial charge on any atom is -0.358 e. The van der Waals surface area contributed by atoms with Crippen molar-refractivity contribution >= 4 is 39.3 Å². The van der Waals surface area contributed by atoms with Crippen LogP contribution < -0.4 is 5.32 Å². The van der Waals surface area contributed by atoms with Crippen LogP contribution in [-0.2, 0) is 6.54 Å². The van der Waals surface area contributed by atoms with Gasteiger partial charge >= 0.3 is 5.82 Å². The van der Waals surface area contributed by atoms with Gasteiger partial charge in [-0.25, -0.2) is 4.98 Å². The third kappa shape index (κ3) is 2.17. The maximum absolute atomic E-state index is 11.1. The number of thiazole rings is 2. The van der Waals surface area contributed by atoms with Crippen molar-refractivity contribution in [2.45, 2.75) is 13.5 Å². The van der Waals surface area contributed by atoms with E-state index in [2.05, 4.69) is 15.3 Å². The van der Waals surface area contributed by atoms with Crippen molar-refractivity contribution in [2.75, 3.05) is 5.32 Å². The molecule has 19 heavy (non-hydrogen) atoms. The molecule has 0 radical (unpaired) electrons. The lowest BCUT2D eigenvalue weighted by Crippen LogP contribution is -2.02. The lowest BCUT2D eigenvalue weighted by molar-refractivity contribution is -0.389. The van der Waals surface area contributed by atoms with Crippen LogP contribution >= 0.6 is 22.7 Å². The summed E-state index contributed by atoms with van der Waals surface area (Å²) in [5, 5.41) is 16.9. The standard InChI is InChI=1S/C10H9N5O2S2/c1-6-11-4-7(19-6)5-12-8-9(15(16)17)14-2-3-18-10(14)13-8/h2-4,12H,5H2,1H3. The van der Waals surface area contributed by atoms with Crippen molar-refractivity contribution in [2.24, 2.45) is 0 Å². The van der Waals surface area contributed by atoms with E-state index in [1.807, 2.05) is 6.92 Å². The summed E-state index contributed by atoms with van der Waals surface area (Å²) in [6.07, 6.45) is 3.41. The van der Waals surface area contributed by atoms with E-state index in [1.165, 1.54) is 15.7 Å². The molecule has 3 heterocycles. The molecule has 0 aromatic carbocycles. The minimum atomic E-state index is -0.424. The van der Waals surface area contributed by atoms with Gasteiger partial charge in [-0.2, -0.15) is 9.38 Å². The van der Waals surface area contributed by atoms with Crippen molar-refractivity contribution in [3.8, 4) is 0 Å². The van der Waals surface area contributed by atoms with Gasteiger partial charge in [0.05, 0.1) is 11.6 Å². The van der Waals surface area contributed by atoms with Crippen molar-refractivity contribution in [1.29, 1.82) is 0 Å². The smallest absolute Gasteiger partial charge is 0.358 e. The Morgan fingerprint density at radius 1 is 1.58 bits per heavy atom. The highest BCUT2D eigenvalue weighted by Gasteiger charge is 2.23. The van der Waals surface area contributed by atoms with E-state index in [0.29, 0.717) is 17.3 Å². The van der Waals surface area contributed by atoms with E-state index < -0.39 is 4.92 Å². The summed E-state index contributed by atoms with van der Waals surface area (Å²) < 4.78 is 1.48. The maximum atomic E-state index is 11.1. The Hall–Kier alpha value is -2.00. The second-order valence-corrected chi connectivity index (χ2v) is 5.99. The number of aromatic nitrogens is 3. The number of hydrogen-bond acceptors (Lipinski definition) is 7. The zero-order valence-corrected chi connectivity index (χ0v) is 11.5. The van der Waals surface area contributed by atoms with Crippen LogP contribution in [-0.4, -0.2) is 19.3 Å². The number of fused-ring (bicyclic) bond motifs is 1. The van der Waals surface area contributed by atoms with Crippen LogP contribution in [0.1, 0.15) is 9.88 Å². The van der Waals surface area contributed by atoms with Gasteiger partial charge in [0.2, 0.25) is 5.82 Å². The van der Waals surface area contributed by atoms with E-state index in [4.69, 9.17) is 0 Å². The topological polar surface area (TPSA) is 85.4 Å². The number of nitro groups is 1. The maximum Gasteiger partial charge on any atom is 0.372 e. The molecule has 0 aliphatic carbocycles. The normalized spacial score (nSPS) is 11.0. The lowest BCUT2D eigenvalue weighted by Gasteiger charge is -2.00. The van der Waals surface area contributed by atoms with Crippen LogP contribution in [0.3, 0.4) is 0 Å². The molecule has 0 atom stereocenters. The Labute approximate surface area is 115 Å². The summed E-state index contributed by atoms with van der Waals surface area (Å²) in [6, 6.07) is 0. The summed E-state index contributed by atoms with van der Waals surface area (Å²) >= 11 is 2.92. The van der Waals surface area contributed by atoms with Gasteiger partial charge in [-0.05, 0) is 11.8 Å². The first-order valence-electron chi connectivity index (χ1n) is 5.40. The van der Waals surface area contributed by atoms with E-state index in [1.54, 1.807) is 29.1 Å². The fourth-order valence-electron chi connectivity index (χ4n) is 1.72. The van der Waals surface area contributed by atoms with Gasteiger partial charge in [-0.3, -0.25) is 0 Å². The second kappa shape index (κ2) is 4.59. The molecule has 0 aliphatic heterocycles. The highest BCUT2D eigenvalue weighted by atomic mass is 32.1. The molecule has 3 aromatic rings. The quantitative estimate of drug-likeness (QED) is 0.591. The molecule has 0 unspecified atom stereocenters. The predicted molar refractivity (Wildman–Crippen MR) is 73.9 cm³/mol. The van der Waals surface area contributed by atoms with Crippen LogP contribution in [0.25, 0.3) is 4.96 Å². The number of aryl methyl sites for hydroxylation is 1. The molecule has 0 fully saturated rings. The second-order valence-electron chi connectivity index (χ2n) is 3.80. The Morgan fingerprint density at radius 2 is 2.42 bits per heavy atom. The molecule has 7 nitrogen and oxygen atoms in total. The number of nitrogens with one attached hydrogen (secondary N) is 1. The Balaban J connectivity index is 1.89. The van der Waals surface area contributed by atoms with Gasteiger partial charge in [0.25, 0.3) is 4.96 Å². The van der Waals surface area contributed by atoms with Gasteiger partial charge in [-0.15, -0.1) is 11.3 Å². The average molecular weight is 295 g/mol. The molecule has 1 N–H and O–H groups in total. The summed E-state index contributed by atoms with van der Waals surface area (Å²) in [7, 11) is 0. The molecule has 0 saturated carbocycles. The molecule has 0 spiro atoms. The number of rotatable bonds is 4. The number of nitrogens with zero attached hydrogens (tertiary/aromatic N) is 4. The summed E-state index contributed by atoms with van der Waals surface area (Å²) in [6.45, 7) is 2.40. The summed E-state index contributed by atoms with van der Waals surface area (Å²) in [4.78, 5) is 20.7. The fourth-order valence-corrected chi connectivity index (χ4v) is 3.17. The van der Waals surface area contributed by atoms with Crippen LogP contribution in [0, 0.1) is 17.0 Å². The molecular weight excluding hydrogens is 286 g/mol. The number of anilines is 1. The molecule has 0 amide bonds. The number of hydrogen-bond donors (Lipinski definition) is 1. The summed E-state index contributed by atoms with van der Waals surface area (Å²) in [5.74, 6) is 0.264. The largest absolute Gasteiger partial charge is 0.372 e. The monoisotopic (exact) mass is 295 g/mol. The molecule has 0 bridgehead atoms. The van der Waals surface area contributed by atoms with E-state index in [9.17, 15) is 10.1 Å². The van der Waals surface area contributed by atoms with Gasteiger partial charge in [0, 0.05) is 16.5 Å². The van der Waals surface area contributed by atoms with E-state index >= 15 is 0 Å². The average Bonchev–Trinajstić information content (AvgIpc) is 3.00. The predicted octanol–water partition coefficient (Wildman–Crippen LogP) is 2.68. The first-order chi connectivity index (χ1) is 9.15. The van der Waals surface area contributed by atoms with Crippen LogP contribution in [0.2, 0.25) is 0 Å². The van der Waals surface area contributed by atoms with E-state index in [0.717, 1.165) is 9.88 Å². The lowest BCUT2D eigenvalue weighted by atomic mass is 10.5. The molecule has 98 valence electrons. The third-order valence-corrected chi connectivity index (χ3v) is 4.18. The van der Waals surface area contributed by atoms with Gasteiger partial charge < -0.3 is 15.4 Å². The summed E-state index contributed by atoms with van der Waals surface area (Å²) in [5.41, 5.74) is 0. The molecule has 9 heteroatoms. The van der Waals surface area contributed by atoms with Gasteiger partial charge in [0.15, 0.2) is 0 Å². The Kier molecular flexibility index (Phi) is 2.91. The molecular formula is C10H9N5O2S2. The van der Waals surface area contributed by atoms with Crippen molar-refractivity contribution in [3.05, 3.63) is 37.8 Å². The first-order valence-corrected chi connectivity index (χ1v) is 7.10. The molecule has 0 saturated heterocycles. The zero-order chi connectivity index (χ0) is 13.4. The van der Waals surface area contributed by atoms with E-state index in [-0.39, 0.29) is 5.82 Å². The van der Waals surface area contributed by atoms with Crippen molar-refractivity contribution in [3.63, 3.8) is 0 Å². The van der Waals surface area contributed by atoms with Crippen LogP contribution in [0.15, 0.2) is 17.8 Å². The third-order valence-electron chi connectivity index (χ3n) is 2.51. The van der Waals surface area contributed by atoms with Crippen molar-refractivity contribution < 1.29 is 4.92 Å². The SMILES string of the molecule is Cc1ncc(CNc2nc3sccn3c2[N+](=O)[O-])s1. The van der Waals surface area contributed by atoms with Crippen LogP contribution in [0.4, 0.5) is 11.6 Å². The van der Waals surface area contributed by atoms with Crippen molar-refractivity contribution in [1.82, 2.24) is 14.4 Å². The molecule has 3 rings (SSSR count). The highest BCUT2D eigenvalue weighted by molar-refractivity contribution is 7.15. The number of imidazole rings is 1. The fraction of sp³-hybridized carbons (Fsp3) is 0.200. The molecule has 3 aromatic heterocycles. The molecule has 0 aliphatic rings. The van der Waals surface area contributed by atoms with Gasteiger partial charge in [0.1, 0.15) is 6.20 Å². The van der Waals surface area contributed by atoms with Crippen LogP contribution in [0.5, 0.6) is 0 Å². The highest BCUT2D eigenvalue weighted by Crippen LogP contribution is 2.28.